The number of nitrogens with two attached hydrogens (primary N) is 1. The fraction of sp³-hybridized carbons (Fsp3) is 0.667. The molecule has 1 aromatic heterocycles. The summed E-state index contributed by atoms with van der Waals surface area (Å²) in [6.45, 7) is 1.31. The quantitative estimate of drug-likeness (QED) is 0.675. The second-order valence-corrected chi connectivity index (χ2v) is 4.52. The molecule has 0 spiro atoms. The van der Waals surface area contributed by atoms with E-state index in [1.807, 2.05) is 0 Å². The Balaban J connectivity index is 1.65. The van der Waals surface area contributed by atoms with Crippen LogP contribution in [0.15, 0.2) is 6.20 Å². The molecular formula is C9H13N5O. The second-order valence-electron chi connectivity index (χ2n) is 4.52. The highest BCUT2D eigenvalue weighted by molar-refractivity contribution is 5.92. The standard InChI is InChI=1S/C9H13N5O/c10-9(6-1-2-6)4-14(5-9)8(15)7-3-11-13-12-7/h3,6H,1-2,4-5,10H2,(H,11,12,13). The number of carbonyl (C=O) groups excluding carboxylic acids is 1. The summed E-state index contributed by atoms with van der Waals surface area (Å²) in [6, 6.07) is 0. The van der Waals surface area contributed by atoms with Crippen LogP contribution in [0, 0.1) is 5.92 Å². The maximum atomic E-state index is 11.8. The van der Waals surface area contributed by atoms with Crippen molar-refractivity contribution in [1.29, 1.82) is 0 Å². The molecule has 6 heteroatoms. The smallest absolute Gasteiger partial charge is 0.276 e. The minimum Gasteiger partial charge on any atom is -0.333 e. The van der Waals surface area contributed by atoms with E-state index < -0.39 is 0 Å². The predicted molar refractivity (Wildman–Crippen MR) is 51.9 cm³/mol. The van der Waals surface area contributed by atoms with Crippen LogP contribution in [-0.2, 0) is 0 Å². The van der Waals surface area contributed by atoms with Gasteiger partial charge >= 0.3 is 0 Å². The topological polar surface area (TPSA) is 87.9 Å². The summed E-state index contributed by atoms with van der Waals surface area (Å²) >= 11 is 0. The van der Waals surface area contributed by atoms with Crippen LogP contribution in [0.3, 0.4) is 0 Å². The highest BCUT2D eigenvalue weighted by atomic mass is 16.2. The molecule has 2 fully saturated rings. The Hall–Kier alpha value is -1.43. The summed E-state index contributed by atoms with van der Waals surface area (Å²) in [6.07, 6.45) is 3.86. The van der Waals surface area contributed by atoms with Crippen molar-refractivity contribution in [2.45, 2.75) is 18.4 Å². The molecule has 1 aromatic rings. The van der Waals surface area contributed by atoms with Gasteiger partial charge in [0.25, 0.3) is 5.91 Å². The summed E-state index contributed by atoms with van der Waals surface area (Å²) in [4.78, 5) is 13.5. The number of rotatable bonds is 2. The lowest BCUT2D eigenvalue weighted by molar-refractivity contribution is 0.0345. The Labute approximate surface area is 86.8 Å². The van der Waals surface area contributed by atoms with Gasteiger partial charge in [-0.15, -0.1) is 0 Å². The van der Waals surface area contributed by atoms with Gasteiger partial charge in [0.15, 0.2) is 5.69 Å². The van der Waals surface area contributed by atoms with Crippen LogP contribution in [0.25, 0.3) is 0 Å². The maximum Gasteiger partial charge on any atom is 0.276 e. The van der Waals surface area contributed by atoms with Gasteiger partial charge < -0.3 is 10.6 Å². The fourth-order valence-electron chi connectivity index (χ4n) is 2.19. The molecule has 1 aliphatic heterocycles. The Morgan fingerprint density at radius 1 is 1.60 bits per heavy atom. The van der Waals surface area contributed by atoms with Gasteiger partial charge in [0, 0.05) is 13.1 Å². The molecule has 0 atom stereocenters. The van der Waals surface area contributed by atoms with Gasteiger partial charge in [-0.1, -0.05) is 0 Å². The van der Waals surface area contributed by atoms with Gasteiger partial charge in [0.05, 0.1) is 11.7 Å². The Morgan fingerprint density at radius 3 is 2.87 bits per heavy atom. The van der Waals surface area contributed by atoms with Crippen molar-refractivity contribution < 1.29 is 4.79 Å². The largest absolute Gasteiger partial charge is 0.333 e. The van der Waals surface area contributed by atoms with Crippen LogP contribution in [0.4, 0.5) is 0 Å². The van der Waals surface area contributed by atoms with Crippen molar-refractivity contribution in [1.82, 2.24) is 20.3 Å². The Morgan fingerprint density at radius 2 is 2.33 bits per heavy atom. The highest BCUT2D eigenvalue weighted by Gasteiger charge is 2.51. The van der Waals surface area contributed by atoms with Crippen LogP contribution in [0.2, 0.25) is 0 Å². The first-order valence-corrected chi connectivity index (χ1v) is 5.13. The minimum atomic E-state index is -0.126. The molecule has 80 valence electrons. The maximum absolute atomic E-state index is 11.8. The van der Waals surface area contributed by atoms with Gasteiger partial charge in [-0.05, 0) is 18.8 Å². The molecule has 3 rings (SSSR count). The number of hydrogen-bond donors (Lipinski definition) is 2. The van der Waals surface area contributed by atoms with Gasteiger partial charge in [-0.2, -0.15) is 15.4 Å². The van der Waals surface area contributed by atoms with Gasteiger partial charge in [-0.25, -0.2) is 0 Å². The van der Waals surface area contributed by atoms with Gasteiger partial charge in [0.2, 0.25) is 0 Å². The molecule has 2 aliphatic rings. The SMILES string of the molecule is NC1(C2CC2)CN(C(=O)c2cn[nH]n2)C1. The normalized spacial score (nSPS) is 23.7. The first-order valence-electron chi connectivity index (χ1n) is 5.13. The van der Waals surface area contributed by atoms with Crippen LogP contribution in [0.1, 0.15) is 23.3 Å². The lowest BCUT2D eigenvalue weighted by Gasteiger charge is -2.47. The third kappa shape index (κ3) is 1.32. The molecule has 1 amide bonds. The molecule has 0 aromatic carbocycles. The summed E-state index contributed by atoms with van der Waals surface area (Å²) < 4.78 is 0. The minimum absolute atomic E-state index is 0.0783. The average Bonchev–Trinajstić information content (AvgIpc) is 2.89. The zero-order valence-corrected chi connectivity index (χ0v) is 8.31. The first-order chi connectivity index (χ1) is 7.19. The number of aromatic nitrogens is 3. The number of carbonyl (C=O) groups is 1. The van der Waals surface area contributed by atoms with Crippen molar-refractivity contribution in [2.24, 2.45) is 11.7 Å². The van der Waals surface area contributed by atoms with Crippen LogP contribution >= 0.6 is 0 Å². The van der Waals surface area contributed by atoms with Crippen molar-refractivity contribution >= 4 is 5.91 Å². The van der Waals surface area contributed by atoms with Gasteiger partial charge in [0.1, 0.15) is 0 Å². The molecule has 0 radical (unpaired) electrons. The lowest BCUT2D eigenvalue weighted by Crippen LogP contribution is -2.69. The van der Waals surface area contributed by atoms with Crippen molar-refractivity contribution in [3.63, 3.8) is 0 Å². The molecule has 15 heavy (non-hydrogen) atoms. The lowest BCUT2D eigenvalue weighted by atomic mass is 9.85. The molecule has 6 nitrogen and oxygen atoms in total. The molecular weight excluding hydrogens is 194 g/mol. The number of nitrogens with one attached hydrogen (secondary N) is 1. The summed E-state index contributed by atoms with van der Waals surface area (Å²) in [7, 11) is 0. The number of hydrogen-bond acceptors (Lipinski definition) is 4. The third-order valence-electron chi connectivity index (χ3n) is 3.28. The van der Waals surface area contributed by atoms with Gasteiger partial charge in [-0.3, -0.25) is 4.79 Å². The molecule has 1 aliphatic carbocycles. The monoisotopic (exact) mass is 207 g/mol. The van der Waals surface area contributed by atoms with E-state index in [-0.39, 0.29) is 11.4 Å². The zero-order valence-electron chi connectivity index (χ0n) is 8.31. The van der Waals surface area contributed by atoms with Crippen LogP contribution in [0.5, 0.6) is 0 Å². The Kier molecular flexibility index (Phi) is 1.64. The number of amides is 1. The van der Waals surface area contributed by atoms with E-state index in [2.05, 4.69) is 15.4 Å². The molecule has 3 N–H and O–H groups in total. The Bertz CT molecular complexity index is 377. The van der Waals surface area contributed by atoms with E-state index in [0.29, 0.717) is 24.7 Å². The summed E-state index contributed by atoms with van der Waals surface area (Å²) in [5, 5.41) is 9.80. The third-order valence-corrected chi connectivity index (χ3v) is 3.28. The van der Waals surface area contributed by atoms with Crippen molar-refractivity contribution in [2.75, 3.05) is 13.1 Å². The molecule has 1 saturated heterocycles. The van der Waals surface area contributed by atoms with E-state index in [0.717, 1.165) is 0 Å². The average molecular weight is 207 g/mol. The molecule has 1 saturated carbocycles. The molecule has 0 unspecified atom stereocenters. The number of aromatic amines is 1. The number of H-pyrrole nitrogens is 1. The van der Waals surface area contributed by atoms with E-state index in [1.54, 1.807) is 4.90 Å². The summed E-state index contributed by atoms with van der Waals surface area (Å²) in [5.41, 5.74) is 6.39. The zero-order chi connectivity index (χ0) is 10.5. The summed E-state index contributed by atoms with van der Waals surface area (Å²) in [5.74, 6) is 0.546. The number of likely N-dealkylation sites (tertiary alicyclic amines) is 1. The van der Waals surface area contributed by atoms with E-state index in [4.69, 9.17) is 5.73 Å². The van der Waals surface area contributed by atoms with Crippen molar-refractivity contribution in [3.8, 4) is 0 Å². The van der Waals surface area contributed by atoms with Crippen molar-refractivity contribution in [3.05, 3.63) is 11.9 Å². The molecule has 0 bridgehead atoms. The highest BCUT2D eigenvalue weighted by Crippen LogP contribution is 2.43. The van der Waals surface area contributed by atoms with E-state index in [9.17, 15) is 4.79 Å². The van der Waals surface area contributed by atoms with E-state index >= 15 is 0 Å². The second kappa shape index (κ2) is 2.79. The van der Waals surface area contributed by atoms with Crippen LogP contribution < -0.4 is 5.73 Å². The number of nitrogens with zero attached hydrogens (tertiary/aromatic N) is 3. The first kappa shape index (κ1) is 8.84. The predicted octanol–water partition coefficient (Wildman–Crippen LogP) is -0.632. The fourth-order valence-corrected chi connectivity index (χ4v) is 2.19. The van der Waals surface area contributed by atoms with Crippen LogP contribution in [-0.4, -0.2) is 44.8 Å². The van der Waals surface area contributed by atoms with E-state index in [1.165, 1.54) is 19.0 Å². The molecule has 2 heterocycles.